The van der Waals surface area contributed by atoms with Gasteiger partial charge in [0.15, 0.2) is 0 Å². The molecular weight excluding hydrogens is 268 g/mol. The number of unbranched alkanes of at least 4 members (excludes halogenated alkanes) is 1. The molecule has 0 saturated heterocycles. The largest absolute Gasteiger partial charge is 0.465 e. The molecule has 3 fully saturated rings. The molecule has 7 atom stereocenters. The van der Waals surface area contributed by atoms with Gasteiger partial charge in [-0.3, -0.25) is 14.4 Å². The van der Waals surface area contributed by atoms with E-state index in [4.69, 9.17) is 4.74 Å². The van der Waals surface area contributed by atoms with Gasteiger partial charge in [-0.25, -0.2) is 0 Å². The Morgan fingerprint density at radius 1 is 1.19 bits per heavy atom. The van der Waals surface area contributed by atoms with Crippen LogP contribution in [0.1, 0.15) is 26.2 Å². The first-order chi connectivity index (χ1) is 10.1. The SMILES string of the molecule is CCCCOC(=O)C1CC2C(=O)C1C1C3C=CC(C3=O)C21. The summed E-state index contributed by atoms with van der Waals surface area (Å²) in [4.78, 5) is 37.0. The first-order valence-electron chi connectivity index (χ1n) is 8.07. The van der Waals surface area contributed by atoms with Crippen molar-refractivity contribution in [1.29, 1.82) is 0 Å². The molecule has 21 heavy (non-hydrogen) atoms. The van der Waals surface area contributed by atoms with Crippen molar-refractivity contribution in [1.82, 2.24) is 0 Å². The van der Waals surface area contributed by atoms with E-state index in [9.17, 15) is 14.4 Å². The minimum Gasteiger partial charge on any atom is -0.465 e. The molecule has 112 valence electrons. The van der Waals surface area contributed by atoms with Crippen molar-refractivity contribution in [2.45, 2.75) is 26.2 Å². The van der Waals surface area contributed by atoms with Crippen molar-refractivity contribution < 1.29 is 19.1 Å². The number of hydrogen-bond acceptors (Lipinski definition) is 4. The van der Waals surface area contributed by atoms with Gasteiger partial charge in [-0.05, 0) is 24.7 Å². The van der Waals surface area contributed by atoms with E-state index >= 15 is 0 Å². The quantitative estimate of drug-likeness (QED) is 0.342. The van der Waals surface area contributed by atoms with E-state index < -0.39 is 0 Å². The maximum Gasteiger partial charge on any atom is 0.309 e. The minimum absolute atomic E-state index is 0.0592. The van der Waals surface area contributed by atoms with E-state index in [0.717, 1.165) is 12.8 Å². The molecule has 4 bridgehead atoms. The second kappa shape index (κ2) is 4.52. The lowest BCUT2D eigenvalue weighted by molar-refractivity contribution is -0.152. The molecule has 4 rings (SSSR count). The Morgan fingerprint density at radius 2 is 1.90 bits per heavy atom. The van der Waals surface area contributed by atoms with Crippen molar-refractivity contribution in [2.75, 3.05) is 6.61 Å². The third kappa shape index (κ3) is 1.59. The highest BCUT2D eigenvalue weighted by Crippen LogP contribution is 2.64. The maximum atomic E-state index is 12.5. The molecule has 0 spiro atoms. The van der Waals surface area contributed by atoms with Crippen LogP contribution in [-0.2, 0) is 19.1 Å². The van der Waals surface area contributed by atoms with Crippen LogP contribution in [0.5, 0.6) is 0 Å². The molecule has 4 heteroatoms. The normalized spacial score (nSPS) is 45.5. The van der Waals surface area contributed by atoms with Crippen molar-refractivity contribution in [2.24, 2.45) is 41.4 Å². The number of allylic oxidation sites excluding steroid dienone is 2. The molecule has 0 aromatic rings. The molecule has 3 saturated carbocycles. The van der Waals surface area contributed by atoms with Crippen molar-refractivity contribution in [3.8, 4) is 0 Å². The van der Waals surface area contributed by atoms with E-state index in [0.29, 0.717) is 13.0 Å². The van der Waals surface area contributed by atoms with E-state index in [1.807, 2.05) is 19.1 Å². The number of carbonyl (C=O) groups is 3. The van der Waals surface area contributed by atoms with Crippen LogP contribution in [0.2, 0.25) is 0 Å². The fourth-order valence-electron chi connectivity index (χ4n) is 5.20. The smallest absolute Gasteiger partial charge is 0.309 e. The highest BCUT2D eigenvalue weighted by Gasteiger charge is 2.69. The standard InChI is InChI=1S/C17H20O4/c1-2-3-6-21-17(20)11-7-10-12-8-4-5-9(15(8)18)13(12)14(11)16(10)19/h4-5,8-14H,2-3,6-7H2,1H3. The van der Waals surface area contributed by atoms with Gasteiger partial charge in [0, 0.05) is 23.7 Å². The second-order valence-corrected chi connectivity index (χ2v) is 6.89. The van der Waals surface area contributed by atoms with Crippen LogP contribution < -0.4 is 0 Å². The molecule has 0 N–H and O–H groups in total. The Hall–Kier alpha value is -1.45. The van der Waals surface area contributed by atoms with Crippen LogP contribution in [0.4, 0.5) is 0 Å². The zero-order valence-electron chi connectivity index (χ0n) is 12.2. The van der Waals surface area contributed by atoms with Crippen LogP contribution in [0.25, 0.3) is 0 Å². The van der Waals surface area contributed by atoms with Crippen LogP contribution >= 0.6 is 0 Å². The van der Waals surface area contributed by atoms with Crippen LogP contribution in [-0.4, -0.2) is 24.1 Å². The van der Waals surface area contributed by atoms with Gasteiger partial charge in [0.25, 0.3) is 0 Å². The molecule has 0 radical (unpaired) electrons. The number of rotatable bonds is 4. The lowest BCUT2D eigenvalue weighted by atomic mass is 9.69. The van der Waals surface area contributed by atoms with Gasteiger partial charge in [-0.1, -0.05) is 25.5 Å². The lowest BCUT2D eigenvalue weighted by Gasteiger charge is -2.33. The Labute approximate surface area is 123 Å². The maximum absolute atomic E-state index is 12.5. The zero-order valence-corrected chi connectivity index (χ0v) is 12.2. The summed E-state index contributed by atoms with van der Waals surface area (Å²) < 4.78 is 5.33. The molecule has 0 aromatic heterocycles. The number of hydrogen-bond donors (Lipinski definition) is 0. The molecule has 0 aliphatic heterocycles. The first-order valence-corrected chi connectivity index (χ1v) is 8.07. The second-order valence-electron chi connectivity index (χ2n) is 6.89. The first kappa shape index (κ1) is 13.2. The summed E-state index contributed by atoms with van der Waals surface area (Å²) in [5, 5.41) is 0. The lowest BCUT2D eigenvalue weighted by Crippen LogP contribution is -2.35. The monoisotopic (exact) mass is 288 g/mol. The molecule has 0 amide bonds. The Morgan fingerprint density at radius 3 is 2.62 bits per heavy atom. The van der Waals surface area contributed by atoms with Gasteiger partial charge in [-0.15, -0.1) is 0 Å². The van der Waals surface area contributed by atoms with Crippen LogP contribution in [0.3, 0.4) is 0 Å². The number of fused-ring (bicyclic) bond motifs is 9. The number of ketones is 2. The molecule has 4 aliphatic carbocycles. The fraction of sp³-hybridized carbons (Fsp3) is 0.706. The highest BCUT2D eigenvalue weighted by molar-refractivity contribution is 6.01. The minimum atomic E-state index is -0.304. The van der Waals surface area contributed by atoms with Crippen LogP contribution in [0, 0.1) is 41.4 Å². The number of esters is 1. The van der Waals surface area contributed by atoms with Crippen LogP contribution in [0.15, 0.2) is 12.2 Å². The molecule has 0 aromatic carbocycles. The number of ether oxygens (including phenoxy) is 1. The third-order valence-corrected chi connectivity index (χ3v) is 6.02. The topological polar surface area (TPSA) is 60.4 Å². The van der Waals surface area contributed by atoms with Gasteiger partial charge < -0.3 is 4.74 Å². The molecular formula is C17H20O4. The summed E-state index contributed by atoms with van der Waals surface area (Å²) in [6, 6.07) is 0. The van der Waals surface area contributed by atoms with Crippen molar-refractivity contribution in [3.05, 3.63) is 12.2 Å². The Kier molecular flexibility index (Phi) is 2.85. The average Bonchev–Trinajstić information content (AvgIpc) is 3.17. The van der Waals surface area contributed by atoms with Gasteiger partial charge in [-0.2, -0.15) is 0 Å². The van der Waals surface area contributed by atoms with Gasteiger partial charge in [0.2, 0.25) is 0 Å². The number of Topliss-reactive ketones (excluding diaryl/α,β-unsaturated/α-hetero) is 2. The number of carbonyl (C=O) groups excluding carboxylic acids is 3. The zero-order chi connectivity index (χ0) is 14.7. The van der Waals surface area contributed by atoms with E-state index in [2.05, 4.69) is 0 Å². The summed E-state index contributed by atoms with van der Waals surface area (Å²) in [5.41, 5.74) is 0. The highest BCUT2D eigenvalue weighted by atomic mass is 16.5. The van der Waals surface area contributed by atoms with Crippen molar-refractivity contribution in [3.63, 3.8) is 0 Å². The summed E-state index contributed by atoms with van der Waals surface area (Å²) in [7, 11) is 0. The van der Waals surface area contributed by atoms with Gasteiger partial charge in [0.1, 0.15) is 11.6 Å². The molecule has 4 nitrogen and oxygen atoms in total. The summed E-state index contributed by atoms with van der Waals surface area (Å²) in [6.07, 6.45) is 6.38. The van der Waals surface area contributed by atoms with Crippen molar-refractivity contribution >= 4 is 17.5 Å². The fourth-order valence-corrected chi connectivity index (χ4v) is 5.20. The predicted octanol–water partition coefficient (Wildman–Crippen LogP) is 1.78. The average molecular weight is 288 g/mol. The predicted molar refractivity (Wildman–Crippen MR) is 74.1 cm³/mol. The summed E-state index contributed by atoms with van der Waals surface area (Å²) in [6.45, 7) is 2.49. The van der Waals surface area contributed by atoms with E-state index in [1.54, 1.807) is 0 Å². The Balaban J connectivity index is 1.55. The van der Waals surface area contributed by atoms with E-state index in [-0.39, 0.29) is 59.0 Å². The van der Waals surface area contributed by atoms with E-state index in [1.165, 1.54) is 0 Å². The summed E-state index contributed by atoms with van der Waals surface area (Å²) in [5.74, 6) is -0.330. The molecule has 0 heterocycles. The van der Waals surface area contributed by atoms with Gasteiger partial charge in [0.05, 0.1) is 12.5 Å². The third-order valence-electron chi connectivity index (χ3n) is 6.02. The van der Waals surface area contributed by atoms with Gasteiger partial charge >= 0.3 is 5.97 Å². The molecule has 7 unspecified atom stereocenters. The summed E-state index contributed by atoms with van der Waals surface area (Å²) >= 11 is 0. The molecule has 4 aliphatic rings. The Bertz CT molecular complexity index is 549.